The van der Waals surface area contributed by atoms with Gasteiger partial charge >= 0.3 is 0 Å². The molecule has 1 aliphatic heterocycles. The molecule has 0 fully saturated rings. The molecule has 0 aromatic heterocycles. The van der Waals surface area contributed by atoms with Gasteiger partial charge in [-0.2, -0.15) is 0 Å². The molecule has 1 unspecified atom stereocenters. The molecule has 0 bridgehead atoms. The molecule has 19 heavy (non-hydrogen) atoms. The lowest BCUT2D eigenvalue weighted by molar-refractivity contribution is 0.220. The molecule has 0 saturated carbocycles. The Kier molecular flexibility index (Phi) is 5.80. The largest absolute Gasteiger partial charge is 0.501 e. The second kappa shape index (κ2) is 7.61. The van der Waals surface area contributed by atoms with Crippen molar-refractivity contribution in [1.82, 2.24) is 5.32 Å². The van der Waals surface area contributed by atoms with Crippen LogP contribution in [0.4, 0.5) is 0 Å². The maximum absolute atomic E-state index is 5.47. The first-order valence-electron chi connectivity index (χ1n) is 7.03. The van der Waals surface area contributed by atoms with E-state index in [1.165, 1.54) is 16.0 Å². The number of rotatable bonds is 6. The molecule has 3 heteroatoms. The Morgan fingerprint density at radius 2 is 2.21 bits per heavy atom. The van der Waals surface area contributed by atoms with E-state index in [0.717, 1.165) is 31.7 Å². The van der Waals surface area contributed by atoms with E-state index >= 15 is 0 Å². The molecular weight excluding hydrogens is 254 g/mol. The summed E-state index contributed by atoms with van der Waals surface area (Å²) in [6.07, 6.45) is 4.27. The average molecular weight is 277 g/mol. The normalized spacial score (nSPS) is 16.6. The number of nitrogens with one attached hydrogen (secondary N) is 1. The van der Waals surface area contributed by atoms with E-state index in [1.807, 2.05) is 18.0 Å². The lowest BCUT2D eigenvalue weighted by atomic mass is 10.0. The fourth-order valence-electron chi connectivity index (χ4n) is 2.28. The van der Waals surface area contributed by atoms with Gasteiger partial charge in [0.15, 0.2) is 0 Å². The van der Waals surface area contributed by atoms with Gasteiger partial charge in [0.2, 0.25) is 0 Å². The number of thioether (sulfide) groups is 1. The van der Waals surface area contributed by atoms with Crippen molar-refractivity contribution in [3.05, 3.63) is 41.7 Å². The predicted molar refractivity (Wildman–Crippen MR) is 82.6 cm³/mol. The maximum Gasteiger partial charge on any atom is 0.0876 e. The fourth-order valence-corrected chi connectivity index (χ4v) is 3.42. The third-order valence-corrected chi connectivity index (χ3v) is 4.63. The van der Waals surface area contributed by atoms with Crippen molar-refractivity contribution in [2.24, 2.45) is 0 Å². The smallest absolute Gasteiger partial charge is 0.0876 e. The van der Waals surface area contributed by atoms with Crippen LogP contribution in [0.25, 0.3) is 0 Å². The maximum atomic E-state index is 5.47. The summed E-state index contributed by atoms with van der Waals surface area (Å²) in [6.45, 7) is 6.20. The van der Waals surface area contributed by atoms with Crippen LogP contribution in [0.15, 0.2) is 41.0 Å². The number of benzene rings is 1. The quantitative estimate of drug-likeness (QED) is 0.800. The summed E-state index contributed by atoms with van der Waals surface area (Å²) < 4.78 is 5.47. The third-order valence-electron chi connectivity index (χ3n) is 3.36. The zero-order chi connectivity index (χ0) is 13.5. The summed E-state index contributed by atoms with van der Waals surface area (Å²) in [4.78, 5) is 1.38. The highest BCUT2D eigenvalue weighted by Crippen LogP contribution is 2.26. The minimum atomic E-state index is 0.426. The Bertz CT molecular complexity index is 431. The topological polar surface area (TPSA) is 21.3 Å². The van der Waals surface area contributed by atoms with E-state index in [9.17, 15) is 0 Å². The molecule has 2 nitrogen and oxygen atoms in total. The Balaban J connectivity index is 1.97. The van der Waals surface area contributed by atoms with Gasteiger partial charge in [-0.3, -0.25) is 0 Å². The molecule has 104 valence electrons. The Morgan fingerprint density at radius 3 is 2.89 bits per heavy atom. The van der Waals surface area contributed by atoms with E-state index in [1.54, 1.807) is 0 Å². The lowest BCUT2D eigenvalue weighted by Crippen LogP contribution is -2.34. The van der Waals surface area contributed by atoms with E-state index in [4.69, 9.17) is 4.74 Å². The standard InChI is InChI=1S/C16H23NOS/c1-3-17-15(14-8-6-10-18-11-14)12-19-16-9-5-4-7-13(16)2/h4-5,7,9,11,15,17H,3,6,8,10,12H2,1-2H3. The number of aryl methyl sites for hydroxylation is 1. The molecule has 0 spiro atoms. The van der Waals surface area contributed by atoms with Crippen molar-refractivity contribution in [3.8, 4) is 0 Å². The summed E-state index contributed by atoms with van der Waals surface area (Å²) in [5, 5.41) is 3.57. The van der Waals surface area contributed by atoms with E-state index in [0.29, 0.717) is 6.04 Å². The molecule has 0 radical (unpaired) electrons. The van der Waals surface area contributed by atoms with Crippen LogP contribution >= 0.6 is 11.8 Å². The molecule has 2 rings (SSSR count). The Labute approximate surface area is 120 Å². The van der Waals surface area contributed by atoms with Crippen LogP contribution < -0.4 is 5.32 Å². The summed E-state index contributed by atoms with van der Waals surface area (Å²) in [5.74, 6) is 1.06. The van der Waals surface area contributed by atoms with Crippen LogP contribution in [0.5, 0.6) is 0 Å². The highest BCUT2D eigenvalue weighted by Gasteiger charge is 2.16. The summed E-state index contributed by atoms with van der Waals surface area (Å²) in [5.41, 5.74) is 2.77. The van der Waals surface area contributed by atoms with Gasteiger partial charge < -0.3 is 10.1 Å². The summed E-state index contributed by atoms with van der Waals surface area (Å²) >= 11 is 1.93. The third kappa shape index (κ3) is 4.29. The van der Waals surface area contributed by atoms with Crippen LogP contribution in [0.3, 0.4) is 0 Å². The number of hydrogen-bond donors (Lipinski definition) is 1. The van der Waals surface area contributed by atoms with Gasteiger partial charge in [0.1, 0.15) is 0 Å². The fraction of sp³-hybridized carbons (Fsp3) is 0.500. The van der Waals surface area contributed by atoms with Crippen molar-refractivity contribution >= 4 is 11.8 Å². The molecule has 0 aliphatic carbocycles. The number of ether oxygens (including phenoxy) is 1. The zero-order valence-corrected chi connectivity index (χ0v) is 12.6. The van der Waals surface area contributed by atoms with E-state index < -0.39 is 0 Å². The van der Waals surface area contributed by atoms with Crippen molar-refractivity contribution in [3.63, 3.8) is 0 Å². The first-order valence-corrected chi connectivity index (χ1v) is 8.02. The minimum absolute atomic E-state index is 0.426. The second-order valence-electron chi connectivity index (χ2n) is 4.85. The zero-order valence-electron chi connectivity index (χ0n) is 11.8. The summed E-state index contributed by atoms with van der Waals surface area (Å²) in [7, 11) is 0. The summed E-state index contributed by atoms with van der Waals surface area (Å²) in [6, 6.07) is 9.01. The van der Waals surface area contributed by atoms with Crippen LogP contribution in [-0.4, -0.2) is 24.9 Å². The monoisotopic (exact) mass is 277 g/mol. The second-order valence-corrected chi connectivity index (χ2v) is 5.92. The first kappa shape index (κ1) is 14.5. The molecule has 1 N–H and O–H groups in total. The average Bonchev–Trinajstić information content (AvgIpc) is 2.46. The van der Waals surface area contributed by atoms with E-state index in [-0.39, 0.29) is 0 Å². The van der Waals surface area contributed by atoms with Crippen molar-refractivity contribution in [2.75, 3.05) is 18.9 Å². The van der Waals surface area contributed by atoms with Crippen LogP contribution in [-0.2, 0) is 4.74 Å². The molecular formula is C16H23NOS. The lowest BCUT2D eigenvalue weighted by Gasteiger charge is -2.24. The van der Waals surface area contributed by atoms with Crippen molar-refractivity contribution < 1.29 is 4.74 Å². The van der Waals surface area contributed by atoms with Crippen molar-refractivity contribution in [2.45, 2.75) is 37.6 Å². The number of likely N-dealkylation sites (N-methyl/N-ethyl adjacent to an activating group) is 1. The Morgan fingerprint density at radius 1 is 1.37 bits per heavy atom. The highest BCUT2D eigenvalue weighted by molar-refractivity contribution is 7.99. The van der Waals surface area contributed by atoms with Gasteiger partial charge in [0.05, 0.1) is 12.9 Å². The van der Waals surface area contributed by atoms with Gasteiger partial charge in [-0.05, 0) is 43.5 Å². The molecule has 1 aliphatic rings. The molecule has 1 aromatic carbocycles. The molecule has 1 heterocycles. The highest BCUT2D eigenvalue weighted by atomic mass is 32.2. The predicted octanol–water partition coefficient (Wildman–Crippen LogP) is 3.76. The molecule has 0 saturated heterocycles. The SMILES string of the molecule is CCNC(CSc1ccccc1C)C1=COCCC1. The first-order chi connectivity index (χ1) is 9.31. The van der Waals surface area contributed by atoms with Crippen LogP contribution in [0, 0.1) is 6.92 Å². The Hall–Kier alpha value is -0.930. The van der Waals surface area contributed by atoms with Crippen LogP contribution in [0.1, 0.15) is 25.3 Å². The van der Waals surface area contributed by atoms with Crippen molar-refractivity contribution in [1.29, 1.82) is 0 Å². The van der Waals surface area contributed by atoms with Gasteiger partial charge in [-0.25, -0.2) is 0 Å². The molecule has 1 atom stereocenters. The van der Waals surface area contributed by atoms with Crippen LogP contribution in [0.2, 0.25) is 0 Å². The van der Waals surface area contributed by atoms with Gasteiger partial charge in [0.25, 0.3) is 0 Å². The molecule has 1 aromatic rings. The van der Waals surface area contributed by atoms with Gasteiger partial charge in [-0.15, -0.1) is 11.8 Å². The van der Waals surface area contributed by atoms with E-state index in [2.05, 4.69) is 43.4 Å². The van der Waals surface area contributed by atoms with Gasteiger partial charge in [-0.1, -0.05) is 25.1 Å². The van der Waals surface area contributed by atoms with Gasteiger partial charge in [0, 0.05) is 16.7 Å². The number of hydrogen-bond acceptors (Lipinski definition) is 3. The molecule has 0 amide bonds. The minimum Gasteiger partial charge on any atom is -0.501 e.